The molecule has 0 spiro atoms. The molecule has 0 aromatic heterocycles. The average Bonchev–Trinajstić information content (AvgIpc) is 1.94. The Morgan fingerprint density at radius 1 is 0.786 bits per heavy atom. The third kappa shape index (κ3) is 3.64. The number of thioether (sulfide) groups is 2. The van der Waals surface area contributed by atoms with E-state index in [4.69, 9.17) is 0 Å². The number of allylic oxidation sites excluding steroid dienone is 1. The minimum Gasteiger partial charge on any atom is -0.166 e. The Morgan fingerprint density at radius 3 is 1.14 bits per heavy atom. The van der Waals surface area contributed by atoms with Crippen molar-refractivity contribution in [2.24, 2.45) is 0 Å². The van der Waals surface area contributed by atoms with Crippen molar-refractivity contribution < 1.29 is 26.3 Å². The molecule has 0 nitrogen and oxygen atoms in total. The SMILES string of the molecule is CSC(SC)=C(C(F)(F)F)C(F)(F)F. The van der Waals surface area contributed by atoms with Crippen LogP contribution >= 0.6 is 23.5 Å². The molecule has 0 N–H and O–H groups in total. The summed E-state index contributed by atoms with van der Waals surface area (Å²) in [6, 6.07) is 0. The minimum absolute atomic E-state index is 0.434. The summed E-state index contributed by atoms with van der Waals surface area (Å²) in [5.74, 6) is 0. The van der Waals surface area contributed by atoms with Crippen LogP contribution in [0.3, 0.4) is 0 Å². The van der Waals surface area contributed by atoms with Gasteiger partial charge in [0.2, 0.25) is 0 Å². The maximum absolute atomic E-state index is 12.0. The molecule has 0 unspecified atom stereocenters. The molecule has 0 bridgehead atoms. The van der Waals surface area contributed by atoms with E-state index in [1.165, 1.54) is 12.5 Å². The fourth-order valence-electron chi connectivity index (χ4n) is 0.680. The molecule has 0 heterocycles. The maximum atomic E-state index is 12.0. The van der Waals surface area contributed by atoms with Crippen LogP contribution in [0.1, 0.15) is 0 Å². The predicted molar refractivity (Wildman–Crippen MR) is 46.2 cm³/mol. The Morgan fingerprint density at radius 2 is 1.07 bits per heavy atom. The van der Waals surface area contributed by atoms with E-state index in [-0.39, 0.29) is 0 Å². The fraction of sp³-hybridized carbons (Fsp3) is 0.667. The van der Waals surface area contributed by atoms with Crippen molar-refractivity contribution in [3.05, 3.63) is 9.81 Å². The summed E-state index contributed by atoms with van der Waals surface area (Å²) < 4.78 is 71.4. The monoisotopic (exact) mass is 256 g/mol. The largest absolute Gasteiger partial charge is 0.422 e. The van der Waals surface area contributed by atoms with Crippen LogP contribution in [0.4, 0.5) is 26.3 Å². The van der Waals surface area contributed by atoms with E-state index in [9.17, 15) is 26.3 Å². The minimum atomic E-state index is -5.36. The molecule has 0 aromatic rings. The van der Waals surface area contributed by atoms with Crippen molar-refractivity contribution in [2.45, 2.75) is 12.4 Å². The van der Waals surface area contributed by atoms with Crippen LogP contribution in [0.2, 0.25) is 0 Å². The predicted octanol–water partition coefficient (Wildman–Crippen LogP) is 4.05. The molecule has 84 valence electrons. The quantitative estimate of drug-likeness (QED) is 0.684. The van der Waals surface area contributed by atoms with Crippen molar-refractivity contribution >= 4 is 23.5 Å². The Hall–Kier alpha value is 0.0200. The van der Waals surface area contributed by atoms with Gasteiger partial charge in [-0.25, -0.2) is 0 Å². The molecule has 0 aliphatic heterocycles. The third-order valence-electron chi connectivity index (χ3n) is 1.14. The van der Waals surface area contributed by atoms with E-state index in [2.05, 4.69) is 0 Å². The lowest BCUT2D eigenvalue weighted by atomic mass is 10.3. The second-order valence-corrected chi connectivity index (χ2v) is 3.96. The molecule has 14 heavy (non-hydrogen) atoms. The van der Waals surface area contributed by atoms with Crippen LogP contribution < -0.4 is 0 Å². The van der Waals surface area contributed by atoms with Crippen LogP contribution in [0, 0.1) is 0 Å². The first-order valence-electron chi connectivity index (χ1n) is 3.11. The Labute approximate surface area is 85.1 Å². The topological polar surface area (TPSA) is 0 Å². The number of hydrogen-bond acceptors (Lipinski definition) is 2. The van der Waals surface area contributed by atoms with Crippen molar-refractivity contribution in [3.8, 4) is 0 Å². The maximum Gasteiger partial charge on any atom is 0.422 e. The molecule has 0 radical (unpaired) electrons. The molecule has 0 fully saturated rings. The molecule has 8 heteroatoms. The van der Waals surface area contributed by atoms with E-state index in [1.807, 2.05) is 0 Å². The van der Waals surface area contributed by atoms with Gasteiger partial charge in [-0.05, 0) is 12.5 Å². The molecular formula is C6H6F6S2. The van der Waals surface area contributed by atoms with Gasteiger partial charge in [-0.1, -0.05) is 0 Å². The van der Waals surface area contributed by atoms with Gasteiger partial charge >= 0.3 is 12.4 Å². The van der Waals surface area contributed by atoms with E-state index < -0.39 is 22.2 Å². The van der Waals surface area contributed by atoms with Crippen molar-refractivity contribution in [2.75, 3.05) is 12.5 Å². The van der Waals surface area contributed by atoms with Gasteiger partial charge in [-0.3, -0.25) is 0 Å². The van der Waals surface area contributed by atoms with Gasteiger partial charge in [-0.15, -0.1) is 23.5 Å². The second-order valence-electron chi connectivity index (χ2n) is 2.07. The van der Waals surface area contributed by atoms with Gasteiger partial charge in [0.1, 0.15) is 0 Å². The highest BCUT2D eigenvalue weighted by Crippen LogP contribution is 2.45. The van der Waals surface area contributed by atoms with Gasteiger partial charge in [0.15, 0.2) is 5.57 Å². The summed E-state index contributed by atoms with van der Waals surface area (Å²) >= 11 is 0.869. The Balaban J connectivity index is 5.42. The number of rotatable bonds is 2. The lowest BCUT2D eigenvalue weighted by molar-refractivity contribution is -0.171. The highest BCUT2D eigenvalue weighted by atomic mass is 32.2. The average molecular weight is 256 g/mol. The highest BCUT2D eigenvalue weighted by Gasteiger charge is 2.52. The van der Waals surface area contributed by atoms with Crippen LogP contribution in [-0.2, 0) is 0 Å². The number of hydrogen-bond donors (Lipinski definition) is 0. The van der Waals surface area contributed by atoms with Gasteiger partial charge in [0, 0.05) is 0 Å². The van der Waals surface area contributed by atoms with Gasteiger partial charge in [0.05, 0.1) is 4.24 Å². The molecule has 0 aliphatic carbocycles. The molecule has 0 rings (SSSR count). The molecule has 0 saturated heterocycles. The lowest BCUT2D eigenvalue weighted by Crippen LogP contribution is -2.27. The van der Waals surface area contributed by atoms with E-state index >= 15 is 0 Å². The third-order valence-corrected chi connectivity index (χ3v) is 3.29. The Bertz CT molecular complexity index is 203. The normalized spacial score (nSPS) is 12.9. The summed E-state index contributed by atoms with van der Waals surface area (Å²) in [7, 11) is 0. The zero-order valence-corrected chi connectivity index (χ0v) is 8.72. The van der Waals surface area contributed by atoms with Gasteiger partial charge < -0.3 is 0 Å². The van der Waals surface area contributed by atoms with Crippen LogP contribution in [0.25, 0.3) is 0 Å². The summed E-state index contributed by atoms with van der Waals surface area (Å²) in [6.07, 6.45) is -8.38. The zero-order chi connectivity index (χ0) is 11.6. The fourth-order valence-corrected chi connectivity index (χ4v) is 2.22. The molecule has 0 amide bonds. The van der Waals surface area contributed by atoms with Crippen molar-refractivity contribution in [1.82, 2.24) is 0 Å². The molecule has 0 atom stereocenters. The smallest absolute Gasteiger partial charge is 0.166 e. The summed E-state index contributed by atoms with van der Waals surface area (Å²) in [6.45, 7) is 0. The van der Waals surface area contributed by atoms with E-state index in [0.29, 0.717) is 23.5 Å². The summed E-state index contributed by atoms with van der Waals surface area (Å²) in [5, 5.41) is 0. The first kappa shape index (κ1) is 14.0. The zero-order valence-electron chi connectivity index (χ0n) is 7.08. The van der Waals surface area contributed by atoms with Crippen molar-refractivity contribution in [3.63, 3.8) is 0 Å². The summed E-state index contributed by atoms with van der Waals surface area (Å²) in [4.78, 5) is 0. The standard InChI is InChI=1S/C6H6F6S2/c1-13-4(14-2)3(5(7,8)9)6(10,11)12/h1-2H3. The highest BCUT2D eigenvalue weighted by molar-refractivity contribution is 8.21. The molecule has 0 aromatic carbocycles. The van der Waals surface area contributed by atoms with E-state index in [1.54, 1.807) is 0 Å². The number of alkyl halides is 6. The van der Waals surface area contributed by atoms with Crippen LogP contribution in [0.5, 0.6) is 0 Å². The van der Waals surface area contributed by atoms with Crippen LogP contribution in [-0.4, -0.2) is 24.9 Å². The number of halogens is 6. The summed E-state index contributed by atoms with van der Waals surface area (Å²) in [5.41, 5.74) is -2.43. The van der Waals surface area contributed by atoms with Crippen molar-refractivity contribution in [1.29, 1.82) is 0 Å². The van der Waals surface area contributed by atoms with Gasteiger partial charge in [0.25, 0.3) is 0 Å². The molecular weight excluding hydrogens is 250 g/mol. The van der Waals surface area contributed by atoms with E-state index in [0.717, 1.165) is 0 Å². The molecule has 0 saturated carbocycles. The lowest BCUT2D eigenvalue weighted by Gasteiger charge is -2.17. The second kappa shape index (κ2) is 4.69. The Kier molecular flexibility index (Phi) is 4.70. The first-order chi connectivity index (χ1) is 6.14. The van der Waals surface area contributed by atoms with Gasteiger partial charge in [-0.2, -0.15) is 26.3 Å². The first-order valence-corrected chi connectivity index (χ1v) is 5.56. The molecule has 0 aliphatic rings. The van der Waals surface area contributed by atoms with Crippen LogP contribution in [0.15, 0.2) is 9.81 Å².